The number of nitrogens with zero attached hydrogens (tertiary/aromatic N) is 1. The highest BCUT2D eigenvalue weighted by Gasteiger charge is 2.27. The lowest BCUT2D eigenvalue weighted by Gasteiger charge is -2.04. The van der Waals surface area contributed by atoms with E-state index in [0.717, 1.165) is 6.07 Å². The van der Waals surface area contributed by atoms with Crippen molar-refractivity contribution in [2.45, 2.75) is 18.2 Å². The fourth-order valence-corrected chi connectivity index (χ4v) is 3.38. The third-order valence-electron chi connectivity index (χ3n) is 2.91. The van der Waals surface area contributed by atoms with E-state index in [9.17, 15) is 23.3 Å². The molecule has 0 aliphatic carbocycles. The number of nitro benzene ring substituents is 1. The number of hydrogen-bond acceptors (Lipinski definition) is 6. The number of sulfonamides is 1. The molecule has 0 spiro atoms. The number of aryl methyl sites for hydroxylation is 1. The third kappa shape index (κ3) is 2.92. The van der Waals surface area contributed by atoms with E-state index in [-0.39, 0.29) is 33.7 Å². The van der Waals surface area contributed by atoms with Crippen LogP contribution in [0.15, 0.2) is 27.5 Å². The molecule has 0 radical (unpaired) electrons. The van der Waals surface area contributed by atoms with Crippen LogP contribution in [0.25, 0.3) is 11.0 Å². The zero-order valence-corrected chi connectivity index (χ0v) is 12.2. The SMILES string of the molecule is CCc1oc2ccc([N+](=O)[O-])cc2c1S(=O)(=O)NCC(=O)O. The lowest BCUT2D eigenvalue weighted by Crippen LogP contribution is -2.29. The molecule has 0 aliphatic rings. The number of carboxylic acid groups (broad SMARTS) is 1. The van der Waals surface area contributed by atoms with Crippen LogP contribution in [-0.4, -0.2) is 31.0 Å². The van der Waals surface area contributed by atoms with E-state index in [1.807, 2.05) is 4.72 Å². The lowest BCUT2D eigenvalue weighted by atomic mass is 10.2. The van der Waals surface area contributed by atoms with Gasteiger partial charge in [-0.1, -0.05) is 6.92 Å². The van der Waals surface area contributed by atoms with Crippen molar-refractivity contribution < 1.29 is 27.7 Å². The Kier molecular flexibility index (Phi) is 4.15. The number of nitro groups is 1. The van der Waals surface area contributed by atoms with Crippen molar-refractivity contribution in [3.05, 3.63) is 34.1 Å². The average molecular weight is 328 g/mol. The second-order valence-electron chi connectivity index (χ2n) is 4.36. The topological polar surface area (TPSA) is 140 Å². The van der Waals surface area contributed by atoms with Gasteiger partial charge in [0.1, 0.15) is 22.8 Å². The molecule has 0 saturated carbocycles. The average Bonchev–Trinajstić information content (AvgIpc) is 2.83. The van der Waals surface area contributed by atoms with Gasteiger partial charge in [-0.15, -0.1) is 0 Å². The highest BCUT2D eigenvalue weighted by molar-refractivity contribution is 7.89. The van der Waals surface area contributed by atoms with Crippen LogP contribution >= 0.6 is 0 Å². The van der Waals surface area contributed by atoms with Crippen molar-refractivity contribution in [3.63, 3.8) is 0 Å². The number of aliphatic carboxylic acids is 1. The Labute approximate surface area is 124 Å². The highest BCUT2D eigenvalue weighted by atomic mass is 32.2. The van der Waals surface area contributed by atoms with Gasteiger partial charge in [0, 0.05) is 23.9 Å². The maximum Gasteiger partial charge on any atom is 0.318 e. The number of carboxylic acids is 1. The number of nitrogens with one attached hydrogen (secondary N) is 1. The van der Waals surface area contributed by atoms with Gasteiger partial charge < -0.3 is 9.52 Å². The molecule has 0 bridgehead atoms. The number of carbonyl (C=O) groups is 1. The van der Waals surface area contributed by atoms with Gasteiger partial charge in [0.25, 0.3) is 5.69 Å². The molecule has 2 N–H and O–H groups in total. The van der Waals surface area contributed by atoms with Crippen LogP contribution in [0.2, 0.25) is 0 Å². The van der Waals surface area contributed by atoms with Gasteiger partial charge in [0.15, 0.2) is 0 Å². The summed E-state index contributed by atoms with van der Waals surface area (Å²) in [6.45, 7) is 0.857. The Bertz CT molecular complexity index is 854. The summed E-state index contributed by atoms with van der Waals surface area (Å²) >= 11 is 0. The van der Waals surface area contributed by atoms with Crippen molar-refractivity contribution in [3.8, 4) is 0 Å². The summed E-state index contributed by atoms with van der Waals surface area (Å²) in [5.41, 5.74) is -0.108. The quantitative estimate of drug-likeness (QED) is 0.601. The second-order valence-corrected chi connectivity index (χ2v) is 6.07. The molecule has 2 aromatic rings. The third-order valence-corrected chi connectivity index (χ3v) is 4.42. The molecule has 118 valence electrons. The van der Waals surface area contributed by atoms with Crippen LogP contribution < -0.4 is 4.72 Å². The fourth-order valence-electron chi connectivity index (χ4n) is 1.98. The molecule has 0 aliphatic heterocycles. The normalized spacial score (nSPS) is 11.7. The Balaban J connectivity index is 2.66. The number of hydrogen-bond donors (Lipinski definition) is 2. The summed E-state index contributed by atoms with van der Waals surface area (Å²) in [6.07, 6.45) is 0.228. The zero-order chi connectivity index (χ0) is 16.5. The van der Waals surface area contributed by atoms with Crippen molar-refractivity contribution in [1.29, 1.82) is 0 Å². The molecule has 0 amide bonds. The van der Waals surface area contributed by atoms with E-state index in [2.05, 4.69) is 0 Å². The smallest absolute Gasteiger partial charge is 0.318 e. The number of furan rings is 1. The second kappa shape index (κ2) is 5.73. The molecule has 10 heteroatoms. The van der Waals surface area contributed by atoms with Gasteiger partial charge in [-0.05, 0) is 6.07 Å². The van der Waals surface area contributed by atoms with Crippen LogP contribution in [0.4, 0.5) is 5.69 Å². The molecule has 22 heavy (non-hydrogen) atoms. The van der Waals surface area contributed by atoms with Gasteiger partial charge in [0.2, 0.25) is 10.0 Å². The molecular formula is C12H12N2O7S. The maximum atomic E-state index is 12.3. The largest absolute Gasteiger partial charge is 0.480 e. The van der Waals surface area contributed by atoms with Crippen molar-refractivity contribution in [2.24, 2.45) is 0 Å². The minimum absolute atomic E-state index is 0.0453. The standard InChI is InChI=1S/C12H12N2O7S/c1-2-9-12(22(19,20)13-6-11(15)16)8-5-7(14(17)18)3-4-10(8)21-9/h3-5,13H,2,6H2,1H3,(H,15,16). The van der Waals surface area contributed by atoms with E-state index in [0.29, 0.717) is 0 Å². The molecular weight excluding hydrogens is 316 g/mol. The Morgan fingerprint density at radius 2 is 2.14 bits per heavy atom. The monoisotopic (exact) mass is 328 g/mol. The predicted molar refractivity (Wildman–Crippen MR) is 75.1 cm³/mol. The molecule has 2 rings (SSSR count). The molecule has 1 heterocycles. The van der Waals surface area contributed by atoms with Crippen molar-refractivity contribution in [2.75, 3.05) is 6.54 Å². The molecule has 0 unspecified atom stereocenters. The van der Waals surface area contributed by atoms with Gasteiger partial charge in [-0.3, -0.25) is 14.9 Å². The first-order valence-electron chi connectivity index (χ1n) is 6.17. The van der Waals surface area contributed by atoms with Crippen LogP contribution in [0.3, 0.4) is 0 Å². The van der Waals surface area contributed by atoms with E-state index < -0.39 is 27.5 Å². The lowest BCUT2D eigenvalue weighted by molar-refractivity contribution is -0.384. The minimum atomic E-state index is -4.17. The van der Waals surface area contributed by atoms with Crippen LogP contribution in [-0.2, 0) is 21.2 Å². The maximum absolute atomic E-state index is 12.3. The molecule has 1 aromatic heterocycles. The Hall–Kier alpha value is -2.46. The Morgan fingerprint density at radius 3 is 2.68 bits per heavy atom. The first-order valence-corrected chi connectivity index (χ1v) is 7.66. The van der Waals surface area contributed by atoms with Gasteiger partial charge >= 0.3 is 5.97 Å². The highest BCUT2D eigenvalue weighted by Crippen LogP contribution is 2.32. The Morgan fingerprint density at radius 1 is 1.45 bits per heavy atom. The summed E-state index contributed by atoms with van der Waals surface area (Å²) < 4.78 is 31.8. The molecule has 0 fully saturated rings. The van der Waals surface area contributed by atoms with E-state index >= 15 is 0 Å². The van der Waals surface area contributed by atoms with Crippen molar-refractivity contribution in [1.82, 2.24) is 4.72 Å². The summed E-state index contributed by atoms with van der Waals surface area (Å²) in [5.74, 6) is -1.24. The molecule has 0 saturated heterocycles. The van der Waals surface area contributed by atoms with Gasteiger partial charge in [0.05, 0.1) is 4.92 Å². The molecule has 9 nitrogen and oxygen atoms in total. The number of non-ortho nitro benzene ring substituents is 1. The minimum Gasteiger partial charge on any atom is -0.480 e. The van der Waals surface area contributed by atoms with E-state index in [1.165, 1.54) is 12.1 Å². The van der Waals surface area contributed by atoms with Crippen LogP contribution in [0.5, 0.6) is 0 Å². The summed E-state index contributed by atoms with van der Waals surface area (Å²) in [6, 6.07) is 3.60. The summed E-state index contributed by atoms with van der Waals surface area (Å²) in [7, 11) is -4.17. The van der Waals surface area contributed by atoms with E-state index in [1.54, 1.807) is 6.92 Å². The van der Waals surface area contributed by atoms with Gasteiger partial charge in [-0.25, -0.2) is 8.42 Å². The first kappa shape index (κ1) is 15.9. The summed E-state index contributed by atoms with van der Waals surface area (Å²) in [4.78, 5) is 20.4. The molecule has 0 atom stereocenters. The van der Waals surface area contributed by atoms with Crippen LogP contribution in [0, 0.1) is 10.1 Å². The summed E-state index contributed by atoms with van der Waals surface area (Å²) in [5, 5.41) is 19.5. The first-order chi connectivity index (χ1) is 10.3. The molecule has 1 aromatic carbocycles. The van der Waals surface area contributed by atoms with Crippen molar-refractivity contribution >= 4 is 32.6 Å². The number of benzene rings is 1. The van der Waals surface area contributed by atoms with Gasteiger partial charge in [-0.2, -0.15) is 4.72 Å². The predicted octanol–water partition coefficient (Wildman–Crippen LogP) is 1.27. The van der Waals surface area contributed by atoms with E-state index in [4.69, 9.17) is 9.52 Å². The number of rotatable bonds is 6. The zero-order valence-electron chi connectivity index (χ0n) is 11.4. The number of fused-ring (bicyclic) bond motifs is 1. The van der Waals surface area contributed by atoms with Crippen LogP contribution in [0.1, 0.15) is 12.7 Å². The fraction of sp³-hybridized carbons (Fsp3) is 0.250.